The molecule has 9 heteroatoms. The lowest BCUT2D eigenvalue weighted by molar-refractivity contribution is 0.142. The molecule has 152 valence electrons. The summed E-state index contributed by atoms with van der Waals surface area (Å²) in [4.78, 5) is 8.32. The van der Waals surface area contributed by atoms with Gasteiger partial charge in [0.25, 0.3) is 0 Å². The number of nitrogens with zero attached hydrogens (tertiary/aromatic N) is 1. The number of nitrogens with one attached hydrogen (secondary N) is 1. The third-order valence-electron chi connectivity index (χ3n) is 3.46. The van der Waals surface area contributed by atoms with Gasteiger partial charge in [-0.15, -0.1) is 0 Å². The zero-order valence-electron chi connectivity index (χ0n) is 15.2. The lowest BCUT2D eigenvalue weighted by Crippen LogP contribution is -1.99. The van der Waals surface area contributed by atoms with Crippen LogP contribution in [0.4, 0.5) is 0 Å². The highest BCUT2D eigenvalue weighted by molar-refractivity contribution is 6.55. The summed E-state index contributed by atoms with van der Waals surface area (Å²) in [5.41, 5.74) is 1.64. The van der Waals surface area contributed by atoms with Gasteiger partial charge in [-0.25, -0.2) is 0 Å². The second kappa shape index (κ2) is 12.1. The van der Waals surface area contributed by atoms with Crippen molar-refractivity contribution in [1.82, 2.24) is 4.98 Å². The molecule has 0 saturated carbocycles. The predicted octanol–water partition coefficient (Wildman–Crippen LogP) is 6.75. The van der Waals surface area contributed by atoms with E-state index in [0.717, 1.165) is 24.2 Å². The largest absolute Gasteiger partial charge is 0.489 e. The van der Waals surface area contributed by atoms with E-state index in [1.54, 1.807) is 18.3 Å². The van der Waals surface area contributed by atoms with Gasteiger partial charge in [-0.05, 0) is 24.6 Å². The van der Waals surface area contributed by atoms with Crippen molar-refractivity contribution in [3.63, 3.8) is 0 Å². The highest BCUT2D eigenvalue weighted by Crippen LogP contribution is 2.37. The second-order valence-electron chi connectivity index (χ2n) is 5.67. The summed E-state index contributed by atoms with van der Waals surface area (Å²) in [5, 5.41) is 4.58. The number of hydrogen-bond acceptors (Lipinski definition) is 4. The van der Waals surface area contributed by atoms with Crippen LogP contribution in [0.1, 0.15) is 31.2 Å². The molecule has 0 spiro atoms. The monoisotopic (exact) mass is 464 g/mol. The zero-order chi connectivity index (χ0) is 20.4. The van der Waals surface area contributed by atoms with Crippen LogP contribution in [0.15, 0.2) is 40.0 Å². The first-order valence-corrected chi connectivity index (χ1v) is 10.1. The summed E-state index contributed by atoms with van der Waals surface area (Å²) in [7, 11) is 0. The molecule has 0 radical (unpaired) electrons. The van der Waals surface area contributed by atoms with E-state index < -0.39 is 0 Å². The zero-order valence-corrected chi connectivity index (χ0v) is 18.2. The third-order valence-corrected chi connectivity index (χ3v) is 4.33. The van der Waals surface area contributed by atoms with Crippen LogP contribution in [0.2, 0.25) is 10.0 Å². The number of oxime groups is 1. The van der Waals surface area contributed by atoms with E-state index in [2.05, 4.69) is 17.1 Å². The van der Waals surface area contributed by atoms with Crippen LogP contribution in [0.5, 0.6) is 11.5 Å². The number of unbranched alkanes of at least 4 members (excludes halogenated alkanes) is 1. The maximum Gasteiger partial charge on any atom is 0.157 e. The molecule has 1 aromatic carbocycles. The summed E-state index contributed by atoms with van der Waals surface area (Å²) in [6.45, 7) is 3.16. The van der Waals surface area contributed by atoms with E-state index in [9.17, 15) is 0 Å². The first-order chi connectivity index (χ1) is 13.5. The number of benzene rings is 1. The molecule has 0 unspecified atom stereocenters. The maximum absolute atomic E-state index is 6.25. The molecule has 5 nitrogen and oxygen atoms in total. The van der Waals surface area contributed by atoms with Crippen LogP contribution in [0.25, 0.3) is 0 Å². The van der Waals surface area contributed by atoms with Gasteiger partial charge in [-0.2, -0.15) is 0 Å². The highest BCUT2D eigenvalue weighted by atomic mass is 35.5. The Morgan fingerprint density at radius 2 is 1.89 bits per heavy atom. The average Bonchev–Trinajstić information content (AvgIpc) is 3.08. The Morgan fingerprint density at radius 1 is 1.14 bits per heavy atom. The molecule has 0 aliphatic rings. The van der Waals surface area contributed by atoms with Gasteiger partial charge < -0.3 is 19.3 Å². The lowest BCUT2D eigenvalue weighted by Gasteiger charge is -2.11. The molecule has 0 amide bonds. The van der Waals surface area contributed by atoms with E-state index in [-0.39, 0.29) is 17.7 Å². The average molecular weight is 466 g/mol. The van der Waals surface area contributed by atoms with Crippen LogP contribution in [-0.4, -0.2) is 24.4 Å². The van der Waals surface area contributed by atoms with E-state index >= 15 is 0 Å². The quantitative estimate of drug-likeness (QED) is 0.227. The molecular formula is C19H20Cl4N2O3. The van der Waals surface area contributed by atoms with Crippen LogP contribution < -0.4 is 9.47 Å². The Hall–Kier alpha value is -1.53. The summed E-state index contributed by atoms with van der Waals surface area (Å²) in [6.07, 6.45) is 5.17. The van der Waals surface area contributed by atoms with Gasteiger partial charge >= 0.3 is 0 Å². The van der Waals surface area contributed by atoms with Crippen molar-refractivity contribution in [3.8, 4) is 11.5 Å². The molecule has 0 aliphatic heterocycles. The summed E-state index contributed by atoms with van der Waals surface area (Å²) < 4.78 is 11.3. The summed E-state index contributed by atoms with van der Waals surface area (Å²) >= 11 is 23.6. The normalized spacial score (nSPS) is 10.9. The number of aromatic nitrogens is 1. The molecule has 0 saturated heterocycles. The van der Waals surface area contributed by atoms with Crippen molar-refractivity contribution in [3.05, 3.63) is 56.3 Å². The first kappa shape index (κ1) is 22.8. The lowest BCUT2D eigenvalue weighted by atomic mass is 10.3. The fraction of sp³-hybridized carbons (Fsp3) is 0.316. The van der Waals surface area contributed by atoms with Gasteiger partial charge in [-0.1, -0.05) is 64.9 Å². The number of H-pyrrole nitrogens is 1. The van der Waals surface area contributed by atoms with Crippen LogP contribution in [0, 0.1) is 0 Å². The fourth-order valence-electron chi connectivity index (χ4n) is 2.08. The molecule has 0 fully saturated rings. The Kier molecular flexibility index (Phi) is 9.85. The van der Waals surface area contributed by atoms with E-state index in [1.165, 1.54) is 6.08 Å². The minimum absolute atomic E-state index is 0.125. The number of hydrogen-bond donors (Lipinski definition) is 1. The van der Waals surface area contributed by atoms with Crippen molar-refractivity contribution in [1.29, 1.82) is 0 Å². The van der Waals surface area contributed by atoms with Crippen molar-refractivity contribution in [2.75, 3.05) is 13.2 Å². The highest BCUT2D eigenvalue weighted by Gasteiger charge is 2.11. The molecule has 2 rings (SSSR count). The van der Waals surface area contributed by atoms with Crippen LogP contribution >= 0.6 is 46.4 Å². The fourth-order valence-corrected chi connectivity index (χ4v) is 2.79. The van der Waals surface area contributed by atoms with Gasteiger partial charge in [0.15, 0.2) is 5.75 Å². The minimum Gasteiger partial charge on any atom is -0.489 e. The first-order valence-electron chi connectivity index (χ1n) is 8.58. The number of aromatic amines is 1. The topological polar surface area (TPSA) is 55.8 Å². The number of halogens is 4. The minimum atomic E-state index is 0.125. The van der Waals surface area contributed by atoms with Gasteiger partial charge in [0, 0.05) is 12.1 Å². The molecular weight excluding hydrogens is 446 g/mol. The number of rotatable bonds is 11. The maximum atomic E-state index is 6.25. The predicted molar refractivity (Wildman–Crippen MR) is 115 cm³/mol. The van der Waals surface area contributed by atoms with Crippen LogP contribution in [-0.2, 0) is 11.4 Å². The van der Waals surface area contributed by atoms with Gasteiger partial charge in [0.2, 0.25) is 0 Å². The summed E-state index contributed by atoms with van der Waals surface area (Å²) in [6, 6.07) is 6.98. The Labute approximate surface area is 184 Å². The molecule has 0 atom stereocenters. The standard InChI is InChI=1S/C19H20Cl4N2O3/c1-2-3-7-28-24-11-13-4-5-14(25-13)12-27-19-16(20)9-15(10-17(19)21)26-8-6-18(22)23/h4-6,9-11,25H,2-3,7-8,12H2,1H3/b24-11+. The van der Waals surface area contributed by atoms with E-state index in [4.69, 9.17) is 60.7 Å². The van der Waals surface area contributed by atoms with Gasteiger partial charge in [0.05, 0.1) is 27.6 Å². The Balaban J connectivity index is 1.91. The smallest absolute Gasteiger partial charge is 0.157 e. The molecule has 1 aromatic heterocycles. The van der Waals surface area contributed by atoms with Crippen molar-refractivity contribution in [2.24, 2.45) is 5.16 Å². The number of ether oxygens (including phenoxy) is 2. The molecule has 2 aromatic rings. The summed E-state index contributed by atoms with van der Waals surface area (Å²) in [5.74, 6) is 0.851. The van der Waals surface area contributed by atoms with Crippen molar-refractivity contribution in [2.45, 2.75) is 26.4 Å². The van der Waals surface area contributed by atoms with E-state index in [1.807, 2.05) is 12.1 Å². The van der Waals surface area contributed by atoms with Gasteiger partial charge in [-0.3, -0.25) is 0 Å². The Bertz CT molecular complexity index is 794. The molecule has 28 heavy (non-hydrogen) atoms. The van der Waals surface area contributed by atoms with E-state index in [0.29, 0.717) is 28.2 Å². The second-order valence-corrected chi connectivity index (χ2v) is 7.49. The van der Waals surface area contributed by atoms with Crippen molar-refractivity contribution >= 4 is 52.6 Å². The Morgan fingerprint density at radius 3 is 2.57 bits per heavy atom. The molecule has 0 aliphatic carbocycles. The SMILES string of the molecule is CCCCO/N=C/c1ccc(COc2c(Cl)cc(OCC=C(Cl)Cl)cc2Cl)[nH]1. The van der Waals surface area contributed by atoms with Crippen LogP contribution in [0.3, 0.4) is 0 Å². The molecule has 1 N–H and O–H groups in total. The molecule has 0 bridgehead atoms. The van der Waals surface area contributed by atoms with Crippen molar-refractivity contribution < 1.29 is 14.3 Å². The molecule has 1 heterocycles. The third kappa shape index (κ3) is 7.84. The van der Waals surface area contributed by atoms with Gasteiger partial charge in [0.1, 0.15) is 30.1 Å².